The Hall–Kier alpha value is -0.410. The van der Waals surface area contributed by atoms with E-state index in [1.807, 2.05) is 30.3 Å². The van der Waals surface area contributed by atoms with Gasteiger partial charge in [0, 0.05) is 26.9 Å². The molecule has 0 spiro atoms. The van der Waals surface area contributed by atoms with Crippen LogP contribution in [0.15, 0.2) is 34.1 Å². The summed E-state index contributed by atoms with van der Waals surface area (Å²) < 4.78 is 11.8. The van der Waals surface area contributed by atoms with Crippen LogP contribution in [0.2, 0.25) is 0 Å². The molecule has 0 aliphatic rings. The van der Waals surface area contributed by atoms with E-state index >= 15 is 0 Å². The van der Waals surface area contributed by atoms with Gasteiger partial charge in [-0.3, -0.25) is 4.21 Å². The highest BCUT2D eigenvalue weighted by molar-refractivity contribution is 9.10. The molecule has 3 heteroatoms. The zero-order valence-electron chi connectivity index (χ0n) is 6.66. The Bertz CT molecular complexity index is 303. The normalized spacial score (nSPS) is 13.5. The monoisotopic (exact) mass is 244 g/mol. The molecule has 0 fully saturated rings. The lowest BCUT2D eigenvalue weighted by molar-refractivity contribution is 0.692. The molecule has 1 unspecified atom stereocenters. The second kappa shape index (κ2) is 4.58. The van der Waals surface area contributed by atoms with Crippen molar-refractivity contribution in [2.24, 2.45) is 0 Å². The Kier molecular flexibility index (Phi) is 3.69. The molecule has 0 saturated carbocycles. The van der Waals surface area contributed by atoms with Gasteiger partial charge < -0.3 is 0 Å². The van der Waals surface area contributed by atoms with E-state index in [2.05, 4.69) is 15.9 Å². The van der Waals surface area contributed by atoms with Crippen molar-refractivity contribution in [3.63, 3.8) is 0 Å². The van der Waals surface area contributed by atoms with Crippen LogP contribution >= 0.6 is 15.9 Å². The zero-order chi connectivity index (χ0) is 8.97. The van der Waals surface area contributed by atoms with Crippen molar-refractivity contribution >= 4 is 32.8 Å². The van der Waals surface area contributed by atoms with E-state index in [9.17, 15) is 4.21 Å². The van der Waals surface area contributed by atoms with Gasteiger partial charge >= 0.3 is 0 Å². The van der Waals surface area contributed by atoms with Crippen LogP contribution in [0.5, 0.6) is 0 Å². The average Bonchev–Trinajstić information content (AvgIpc) is 2.03. The SMILES string of the molecule is CS(=O)C=Cc1ccc(Br)cc1. The summed E-state index contributed by atoms with van der Waals surface area (Å²) >= 11 is 3.34. The van der Waals surface area contributed by atoms with Crippen LogP contribution in [-0.4, -0.2) is 10.5 Å². The van der Waals surface area contributed by atoms with E-state index < -0.39 is 10.8 Å². The molecular formula is C9H9BrOS. The Morgan fingerprint density at radius 1 is 1.33 bits per heavy atom. The molecule has 0 heterocycles. The maximum absolute atomic E-state index is 10.7. The van der Waals surface area contributed by atoms with Gasteiger partial charge in [-0.25, -0.2) is 0 Å². The van der Waals surface area contributed by atoms with Crippen LogP contribution in [0.3, 0.4) is 0 Å². The quantitative estimate of drug-likeness (QED) is 0.783. The van der Waals surface area contributed by atoms with E-state index in [0.717, 1.165) is 10.0 Å². The molecule has 0 amide bonds. The minimum absolute atomic E-state index is 0.864. The van der Waals surface area contributed by atoms with Crippen molar-refractivity contribution in [1.82, 2.24) is 0 Å². The number of hydrogen-bond acceptors (Lipinski definition) is 1. The van der Waals surface area contributed by atoms with Gasteiger partial charge in [0.1, 0.15) is 0 Å². The molecule has 0 bridgehead atoms. The molecule has 1 aromatic rings. The first-order valence-corrected chi connectivity index (χ1v) is 5.86. The summed E-state index contributed by atoms with van der Waals surface area (Å²) in [6, 6.07) is 7.84. The summed E-state index contributed by atoms with van der Waals surface area (Å²) in [6.07, 6.45) is 3.50. The molecule has 12 heavy (non-hydrogen) atoms. The third-order valence-corrected chi connectivity index (χ3v) is 2.37. The standard InChI is InChI=1S/C9H9BrOS/c1-12(11)7-6-8-2-4-9(10)5-3-8/h2-7H,1H3. The lowest BCUT2D eigenvalue weighted by Gasteiger charge is -1.92. The van der Waals surface area contributed by atoms with Gasteiger partial charge in [0.15, 0.2) is 0 Å². The van der Waals surface area contributed by atoms with Crippen molar-refractivity contribution < 1.29 is 4.21 Å². The van der Waals surface area contributed by atoms with Gasteiger partial charge in [-0.15, -0.1) is 0 Å². The third-order valence-electron chi connectivity index (χ3n) is 1.32. The summed E-state index contributed by atoms with van der Waals surface area (Å²) in [6.45, 7) is 0. The predicted octanol–water partition coefficient (Wildman–Crippen LogP) is 2.80. The molecule has 1 atom stereocenters. The topological polar surface area (TPSA) is 17.1 Å². The molecular weight excluding hydrogens is 236 g/mol. The molecule has 0 radical (unpaired) electrons. The van der Waals surface area contributed by atoms with Crippen LogP contribution in [0.4, 0.5) is 0 Å². The first-order valence-electron chi connectivity index (χ1n) is 3.44. The molecule has 1 aromatic carbocycles. The average molecular weight is 245 g/mol. The van der Waals surface area contributed by atoms with E-state index in [4.69, 9.17) is 0 Å². The molecule has 0 aliphatic heterocycles. The number of halogens is 1. The van der Waals surface area contributed by atoms with E-state index in [1.54, 1.807) is 11.7 Å². The minimum Gasteiger partial charge on any atom is -0.255 e. The summed E-state index contributed by atoms with van der Waals surface area (Å²) in [4.78, 5) is 0. The van der Waals surface area contributed by atoms with Crippen LogP contribution in [-0.2, 0) is 10.8 Å². The van der Waals surface area contributed by atoms with Crippen molar-refractivity contribution in [1.29, 1.82) is 0 Å². The fourth-order valence-electron chi connectivity index (χ4n) is 0.748. The summed E-state index contributed by atoms with van der Waals surface area (Å²) in [7, 11) is -0.864. The Balaban J connectivity index is 2.77. The van der Waals surface area contributed by atoms with Gasteiger partial charge in [-0.05, 0) is 23.8 Å². The highest BCUT2D eigenvalue weighted by Gasteiger charge is 1.87. The van der Waals surface area contributed by atoms with Crippen LogP contribution in [0, 0.1) is 0 Å². The van der Waals surface area contributed by atoms with E-state index in [-0.39, 0.29) is 0 Å². The molecule has 0 aromatic heterocycles. The van der Waals surface area contributed by atoms with E-state index in [1.165, 1.54) is 0 Å². The van der Waals surface area contributed by atoms with Gasteiger partial charge in [-0.2, -0.15) is 0 Å². The largest absolute Gasteiger partial charge is 0.255 e. The Morgan fingerprint density at radius 2 is 1.92 bits per heavy atom. The summed E-state index contributed by atoms with van der Waals surface area (Å²) in [5.41, 5.74) is 1.06. The Labute approximate surface area is 83.1 Å². The van der Waals surface area contributed by atoms with Gasteiger partial charge in [0.2, 0.25) is 0 Å². The molecule has 0 aliphatic carbocycles. The first-order chi connectivity index (χ1) is 5.68. The number of hydrogen-bond donors (Lipinski definition) is 0. The first kappa shape index (κ1) is 9.68. The minimum atomic E-state index is -0.864. The highest BCUT2D eigenvalue weighted by Crippen LogP contribution is 2.11. The molecule has 1 nitrogen and oxygen atoms in total. The fourth-order valence-corrected chi connectivity index (χ4v) is 1.36. The van der Waals surface area contributed by atoms with Gasteiger partial charge in [-0.1, -0.05) is 28.1 Å². The van der Waals surface area contributed by atoms with Crippen molar-refractivity contribution in [2.45, 2.75) is 0 Å². The smallest absolute Gasteiger partial charge is 0.0424 e. The number of rotatable bonds is 2. The van der Waals surface area contributed by atoms with Crippen molar-refractivity contribution in [2.75, 3.05) is 6.26 Å². The maximum Gasteiger partial charge on any atom is 0.0424 e. The molecule has 0 saturated heterocycles. The molecule has 1 rings (SSSR count). The maximum atomic E-state index is 10.7. The van der Waals surface area contributed by atoms with Crippen LogP contribution in [0.1, 0.15) is 5.56 Å². The van der Waals surface area contributed by atoms with E-state index in [0.29, 0.717) is 0 Å². The zero-order valence-corrected chi connectivity index (χ0v) is 9.06. The third kappa shape index (κ3) is 3.32. The second-order valence-corrected chi connectivity index (χ2v) is 4.54. The Morgan fingerprint density at radius 3 is 2.42 bits per heavy atom. The lowest BCUT2D eigenvalue weighted by atomic mass is 10.2. The fraction of sp³-hybridized carbons (Fsp3) is 0.111. The predicted molar refractivity (Wildman–Crippen MR) is 57.2 cm³/mol. The highest BCUT2D eigenvalue weighted by atomic mass is 79.9. The second-order valence-electron chi connectivity index (χ2n) is 2.35. The molecule has 0 N–H and O–H groups in total. The molecule has 64 valence electrons. The van der Waals surface area contributed by atoms with Crippen molar-refractivity contribution in [3.8, 4) is 0 Å². The summed E-state index contributed by atoms with van der Waals surface area (Å²) in [5.74, 6) is 0. The number of benzene rings is 1. The van der Waals surface area contributed by atoms with Gasteiger partial charge in [0.05, 0.1) is 0 Å². The van der Waals surface area contributed by atoms with Crippen LogP contribution < -0.4 is 0 Å². The van der Waals surface area contributed by atoms with Crippen molar-refractivity contribution in [3.05, 3.63) is 39.7 Å². The van der Waals surface area contributed by atoms with Gasteiger partial charge in [0.25, 0.3) is 0 Å². The van der Waals surface area contributed by atoms with Crippen LogP contribution in [0.25, 0.3) is 6.08 Å². The summed E-state index contributed by atoms with van der Waals surface area (Å²) in [5, 5.41) is 1.67. The lowest BCUT2D eigenvalue weighted by Crippen LogP contribution is -1.75.